The average molecular weight is 329 g/mol. The van der Waals surface area contributed by atoms with Crippen molar-refractivity contribution >= 4 is 5.96 Å². The first-order valence-corrected chi connectivity index (χ1v) is 8.18. The van der Waals surface area contributed by atoms with Crippen molar-refractivity contribution in [2.75, 3.05) is 20.7 Å². The van der Waals surface area contributed by atoms with Gasteiger partial charge in [0.25, 0.3) is 0 Å². The van der Waals surface area contributed by atoms with Crippen LogP contribution in [-0.4, -0.2) is 36.4 Å². The van der Waals surface area contributed by atoms with E-state index in [-0.39, 0.29) is 0 Å². The van der Waals surface area contributed by atoms with E-state index < -0.39 is 0 Å². The fourth-order valence-electron chi connectivity index (χ4n) is 2.48. The molecule has 1 atom stereocenters. The predicted molar refractivity (Wildman–Crippen MR) is 97.4 cm³/mol. The third kappa shape index (κ3) is 5.30. The highest BCUT2D eigenvalue weighted by molar-refractivity contribution is 5.79. The highest BCUT2D eigenvalue weighted by Gasteiger charge is 2.06. The third-order valence-corrected chi connectivity index (χ3v) is 4.00. The van der Waals surface area contributed by atoms with Crippen LogP contribution in [0.2, 0.25) is 0 Å². The van der Waals surface area contributed by atoms with Crippen LogP contribution in [-0.2, 0) is 13.6 Å². The fraction of sp³-hybridized carbons (Fsp3) is 0.444. The molecule has 1 aromatic carbocycles. The molecule has 0 radical (unpaired) electrons. The van der Waals surface area contributed by atoms with E-state index in [2.05, 4.69) is 39.8 Å². The zero-order valence-electron chi connectivity index (χ0n) is 14.9. The molecule has 24 heavy (non-hydrogen) atoms. The average Bonchev–Trinajstić information content (AvgIpc) is 3.03. The number of guanidine groups is 1. The van der Waals surface area contributed by atoms with Crippen molar-refractivity contribution in [1.82, 2.24) is 20.4 Å². The van der Waals surface area contributed by atoms with Crippen LogP contribution in [0.4, 0.5) is 0 Å². The van der Waals surface area contributed by atoms with Crippen LogP contribution in [0.1, 0.15) is 30.4 Å². The third-order valence-electron chi connectivity index (χ3n) is 4.00. The molecule has 0 spiro atoms. The van der Waals surface area contributed by atoms with Gasteiger partial charge in [0, 0.05) is 38.9 Å². The van der Waals surface area contributed by atoms with Crippen molar-refractivity contribution in [3.8, 4) is 5.75 Å². The molecule has 1 unspecified atom stereocenters. The molecule has 0 aliphatic rings. The van der Waals surface area contributed by atoms with E-state index in [4.69, 9.17) is 4.74 Å². The molecular formula is C18H27N5O. The lowest BCUT2D eigenvalue weighted by atomic mass is 9.98. The highest BCUT2D eigenvalue weighted by Crippen LogP contribution is 2.21. The number of aromatic nitrogens is 2. The molecule has 0 aliphatic carbocycles. The lowest BCUT2D eigenvalue weighted by Gasteiger charge is -2.15. The number of benzene rings is 1. The van der Waals surface area contributed by atoms with Crippen molar-refractivity contribution in [2.24, 2.45) is 12.0 Å². The second-order valence-electron chi connectivity index (χ2n) is 5.84. The van der Waals surface area contributed by atoms with Crippen molar-refractivity contribution < 1.29 is 4.74 Å². The Morgan fingerprint density at radius 2 is 2.04 bits per heavy atom. The molecule has 2 aromatic rings. The van der Waals surface area contributed by atoms with Gasteiger partial charge in [-0.05, 0) is 30.0 Å². The van der Waals surface area contributed by atoms with E-state index in [1.165, 1.54) is 5.56 Å². The van der Waals surface area contributed by atoms with Crippen LogP contribution in [0.25, 0.3) is 0 Å². The van der Waals surface area contributed by atoms with Gasteiger partial charge in [0.1, 0.15) is 5.75 Å². The Balaban J connectivity index is 1.74. The summed E-state index contributed by atoms with van der Waals surface area (Å²) in [5.41, 5.74) is 2.45. The van der Waals surface area contributed by atoms with E-state index in [0.717, 1.165) is 30.2 Å². The lowest BCUT2D eigenvalue weighted by Crippen LogP contribution is -2.37. The normalized spacial score (nSPS) is 12.8. The van der Waals surface area contributed by atoms with E-state index in [1.807, 2.05) is 31.6 Å². The van der Waals surface area contributed by atoms with Crippen LogP contribution in [0.3, 0.4) is 0 Å². The summed E-state index contributed by atoms with van der Waals surface area (Å²) in [5.74, 6) is 2.17. The molecule has 0 saturated heterocycles. The minimum atomic E-state index is 0.472. The van der Waals surface area contributed by atoms with Gasteiger partial charge in [-0.25, -0.2) is 0 Å². The van der Waals surface area contributed by atoms with Gasteiger partial charge in [-0.2, -0.15) is 5.10 Å². The molecule has 130 valence electrons. The van der Waals surface area contributed by atoms with Crippen LogP contribution in [0.15, 0.2) is 41.7 Å². The van der Waals surface area contributed by atoms with E-state index in [0.29, 0.717) is 12.5 Å². The van der Waals surface area contributed by atoms with Crippen LogP contribution < -0.4 is 15.4 Å². The summed E-state index contributed by atoms with van der Waals surface area (Å²) in [4.78, 5) is 4.25. The van der Waals surface area contributed by atoms with Gasteiger partial charge < -0.3 is 15.4 Å². The minimum absolute atomic E-state index is 0.472. The van der Waals surface area contributed by atoms with Crippen molar-refractivity contribution in [2.45, 2.75) is 25.8 Å². The molecule has 0 saturated carbocycles. The summed E-state index contributed by atoms with van der Waals surface area (Å²) in [6.45, 7) is 3.80. The molecule has 2 N–H and O–H groups in total. The van der Waals surface area contributed by atoms with Gasteiger partial charge in [0.2, 0.25) is 0 Å². The zero-order chi connectivity index (χ0) is 17.4. The van der Waals surface area contributed by atoms with Crippen molar-refractivity contribution in [3.63, 3.8) is 0 Å². The van der Waals surface area contributed by atoms with Crippen LogP contribution >= 0.6 is 0 Å². The van der Waals surface area contributed by atoms with Gasteiger partial charge in [-0.3, -0.25) is 9.67 Å². The van der Waals surface area contributed by atoms with Crippen LogP contribution in [0.5, 0.6) is 5.75 Å². The topological polar surface area (TPSA) is 63.5 Å². The highest BCUT2D eigenvalue weighted by atomic mass is 16.5. The maximum absolute atomic E-state index is 5.20. The zero-order valence-corrected chi connectivity index (χ0v) is 14.9. The quantitative estimate of drug-likeness (QED) is 0.604. The number of hydrogen-bond donors (Lipinski definition) is 2. The number of aliphatic imine (C=N–C) groups is 1. The predicted octanol–water partition coefficient (Wildman–Crippen LogP) is 2.29. The first-order chi connectivity index (χ1) is 11.6. The van der Waals surface area contributed by atoms with E-state index >= 15 is 0 Å². The molecule has 0 bridgehead atoms. The molecule has 0 amide bonds. The first kappa shape index (κ1) is 17.8. The smallest absolute Gasteiger partial charge is 0.191 e. The molecule has 0 aliphatic heterocycles. The molecule has 0 fully saturated rings. The number of nitrogens with zero attached hydrogens (tertiary/aromatic N) is 3. The SMILES string of the molecule is CN=C(NCCC(C)c1ccc(OC)cc1)NCc1cnn(C)c1. The van der Waals surface area contributed by atoms with Gasteiger partial charge in [0.15, 0.2) is 5.96 Å². The Morgan fingerprint density at radius 3 is 2.62 bits per heavy atom. The Hall–Kier alpha value is -2.50. The molecule has 6 heteroatoms. The van der Waals surface area contributed by atoms with Gasteiger partial charge >= 0.3 is 0 Å². The lowest BCUT2D eigenvalue weighted by molar-refractivity contribution is 0.414. The monoisotopic (exact) mass is 329 g/mol. The van der Waals surface area contributed by atoms with E-state index in [1.54, 1.807) is 18.8 Å². The second kappa shape index (κ2) is 8.96. The molecule has 6 nitrogen and oxygen atoms in total. The molecule has 1 heterocycles. The Labute approximate surface area is 143 Å². The summed E-state index contributed by atoms with van der Waals surface area (Å²) < 4.78 is 6.99. The van der Waals surface area contributed by atoms with E-state index in [9.17, 15) is 0 Å². The van der Waals surface area contributed by atoms with Crippen molar-refractivity contribution in [3.05, 3.63) is 47.8 Å². The summed E-state index contributed by atoms with van der Waals surface area (Å²) in [6, 6.07) is 8.26. The van der Waals surface area contributed by atoms with Gasteiger partial charge in [0.05, 0.1) is 13.3 Å². The van der Waals surface area contributed by atoms with Gasteiger partial charge in [-0.1, -0.05) is 19.1 Å². The number of nitrogens with one attached hydrogen (secondary N) is 2. The summed E-state index contributed by atoms with van der Waals surface area (Å²) in [7, 11) is 5.38. The number of hydrogen-bond acceptors (Lipinski definition) is 3. The number of ether oxygens (including phenoxy) is 1. The van der Waals surface area contributed by atoms with Gasteiger partial charge in [-0.15, -0.1) is 0 Å². The standard InChI is InChI=1S/C18H27N5O/c1-14(16-5-7-17(24-4)8-6-16)9-10-20-18(19-2)21-11-15-12-22-23(3)13-15/h5-8,12-14H,9-11H2,1-4H3,(H2,19,20,21). The second-order valence-corrected chi connectivity index (χ2v) is 5.84. The Morgan fingerprint density at radius 1 is 1.29 bits per heavy atom. The fourth-order valence-corrected chi connectivity index (χ4v) is 2.48. The van der Waals surface area contributed by atoms with Crippen LogP contribution in [0, 0.1) is 0 Å². The molecular weight excluding hydrogens is 302 g/mol. The summed E-state index contributed by atoms with van der Waals surface area (Å²) >= 11 is 0. The first-order valence-electron chi connectivity index (χ1n) is 8.18. The molecule has 1 aromatic heterocycles. The maximum Gasteiger partial charge on any atom is 0.191 e. The minimum Gasteiger partial charge on any atom is -0.497 e. The maximum atomic E-state index is 5.20. The van der Waals surface area contributed by atoms with Crippen molar-refractivity contribution in [1.29, 1.82) is 0 Å². The number of rotatable bonds is 7. The molecule has 2 rings (SSSR count). The summed E-state index contributed by atoms with van der Waals surface area (Å²) in [5, 5.41) is 10.8. The Kier molecular flexibility index (Phi) is 6.66. The number of aryl methyl sites for hydroxylation is 1. The number of methoxy groups -OCH3 is 1. The largest absolute Gasteiger partial charge is 0.497 e. The Bertz CT molecular complexity index is 648. The summed E-state index contributed by atoms with van der Waals surface area (Å²) in [6.07, 6.45) is 4.87.